The maximum Gasteiger partial charge on any atom is 0.253 e. The van der Waals surface area contributed by atoms with E-state index < -0.39 is 11.7 Å². The van der Waals surface area contributed by atoms with Crippen molar-refractivity contribution in [3.8, 4) is 0 Å². The number of hydrogen-bond acceptors (Lipinski definition) is 3. The summed E-state index contributed by atoms with van der Waals surface area (Å²) in [5.41, 5.74) is 0.923. The molecule has 140 valence electrons. The lowest BCUT2D eigenvalue weighted by molar-refractivity contribution is -0.131. The predicted octanol–water partition coefficient (Wildman–Crippen LogP) is 1.54. The predicted molar refractivity (Wildman–Crippen MR) is 97.7 cm³/mol. The van der Waals surface area contributed by atoms with Crippen molar-refractivity contribution >= 4 is 17.7 Å². The van der Waals surface area contributed by atoms with E-state index in [4.69, 9.17) is 0 Å². The molecule has 0 bridgehead atoms. The highest BCUT2D eigenvalue weighted by atomic mass is 19.1. The Balaban J connectivity index is 1.46. The minimum Gasteiger partial charge on any atom is -0.343 e. The van der Waals surface area contributed by atoms with Gasteiger partial charge >= 0.3 is 0 Å². The molecule has 0 aromatic heterocycles. The number of hydrogen-bond donors (Lipinski definition) is 1. The van der Waals surface area contributed by atoms with Crippen LogP contribution in [0.3, 0.4) is 0 Å². The van der Waals surface area contributed by atoms with E-state index in [1.807, 2.05) is 18.2 Å². The van der Waals surface area contributed by atoms with E-state index in [0.717, 1.165) is 0 Å². The zero-order valence-electron chi connectivity index (χ0n) is 14.7. The fraction of sp³-hybridized carbons (Fsp3) is 0.250. The third-order valence-corrected chi connectivity index (χ3v) is 4.45. The van der Waals surface area contributed by atoms with E-state index in [-0.39, 0.29) is 18.4 Å². The largest absolute Gasteiger partial charge is 0.343 e. The fourth-order valence-corrected chi connectivity index (χ4v) is 2.89. The molecule has 0 saturated carbocycles. The van der Waals surface area contributed by atoms with Crippen LogP contribution in [0.1, 0.15) is 20.7 Å². The van der Waals surface area contributed by atoms with Gasteiger partial charge < -0.3 is 15.1 Å². The quantitative estimate of drug-likeness (QED) is 0.889. The Hall–Kier alpha value is -3.22. The first-order valence-corrected chi connectivity index (χ1v) is 8.70. The third-order valence-electron chi connectivity index (χ3n) is 4.45. The Kier molecular flexibility index (Phi) is 5.80. The third kappa shape index (κ3) is 4.69. The number of rotatable bonds is 4. The molecule has 1 fully saturated rings. The molecular weight excluding hydrogens is 349 g/mol. The average Bonchev–Trinajstić information content (AvgIpc) is 2.72. The Bertz CT molecular complexity index is 816. The molecule has 3 rings (SSSR count). The highest BCUT2D eigenvalue weighted by molar-refractivity contribution is 5.96. The molecule has 0 radical (unpaired) electrons. The van der Waals surface area contributed by atoms with Crippen molar-refractivity contribution in [2.24, 2.45) is 0 Å². The van der Waals surface area contributed by atoms with E-state index in [2.05, 4.69) is 5.32 Å². The maximum atomic E-state index is 12.9. The molecule has 3 amide bonds. The molecule has 7 heteroatoms. The molecular formula is C20H20FN3O3. The SMILES string of the molecule is O=C(NCC(=O)N1CCN(C(=O)c2ccccc2)CC1)c1ccc(F)cc1. The minimum atomic E-state index is -0.429. The monoisotopic (exact) mass is 369 g/mol. The number of carbonyl (C=O) groups is 3. The Morgan fingerprint density at radius 2 is 1.41 bits per heavy atom. The molecule has 1 saturated heterocycles. The van der Waals surface area contributed by atoms with Gasteiger partial charge in [0, 0.05) is 37.3 Å². The summed E-state index contributed by atoms with van der Waals surface area (Å²) in [5.74, 6) is -1.11. The van der Waals surface area contributed by atoms with E-state index in [1.54, 1.807) is 21.9 Å². The van der Waals surface area contributed by atoms with Gasteiger partial charge in [0.05, 0.1) is 6.54 Å². The Labute approximate surface area is 156 Å². The second-order valence-electron chi connectivity index (χ2n) is 6.23. The maximum absolute atomic E-state index is 12.9. The summed E-state index contributed by atoms with van der Waals surface area (Å²) in [5, 5.41) is 2.54. The average molecular weight is 369 g/mol. The smallest absolute Gasteiger partial charge is 0.253 e. The first kappa shape index (κ1) is 18.6. The van der Waals surface area contributed by atoms with Gasteiger partial charge in [-0.3, -0.25) is 14.4 Å². The lowest BCUT2D eigenvalue weighted by Crippen LogP contribution is -2.52. The van der Waals surface area contributed by atoms with Crippen LogP contribution in [0, 0.1) is 5.82 Å². The van der Waals surface area contributed by atoms with Gasteiger partial charge in [0.25, 0.3) is 11.8 Å². The summed E-state index contributed by atoms with van der Waals surface area (Å²) in [6, 6.07) is 14.1. The van der Waals surface area contributed by atoms with Crippen molar-refractivity contribution in [1.82, 2.24) is 15.1 Å². The van der Waals surface area contributed by atoms with Gasteiger partial charge in [-0.1, -0.05) is 18.2 Å². The van der Waals surface area contributed by atoms with Gasteiger partial charge in [-0.25, -0.2) is 4.39 Å². The van der Waals surface area contributed by atoms with E-state index >= 15 is 0 Å². The molecule has 1 N–H and O–H groups in total. The second kappa shape index (κ2) is 8.44. The minimum absolute atomic E-state index is 0.0488. The van der Waals surface area contributed by atoms with Crippen LogP contribution in [-0.4, -0.2) is 60.2 Å². The van der Waals surface area contributed by atoms with E-state index in [9.17, 15) is 18.8 Å². The standard InChI is InChI=1S/C20H20FN3O3/c21-17-8-6-15(7-9-17)19(26)22-14-18(25)23-10-12-24(13-11-23)20(27)16-4-2-1-3-5-16/h1-9H,10-14H2,(H,22,26). The molecule has 0 unspecified atom stereocenters. The van der Waals surface area contributed by atoms with Crippen molar-refractivity contribution in [1.29, 1.82) is 0 Å². The summed E-state index contributed by atoms with van der Waals surface area (Å²) in [4.78, 5) is 40.0. The van der Waals surface area contributed by atoms with Crippen LogP contribution in [0.4, 0.5) is 4.39 Å². The lowest BCUT2D eigenvalue weighted by atomic mass is 10.2. The molecule has 2 aromatic rings. The summed E-state index contributed by atoms with van der Waals surface area (Å²) >= 11 is 0. The van der Waals surface area contributed by atoms with Crippen molar-refractivity contribution in [3.63, 3.8) is 0 Å². The van der Waals surface area contributed by atoms with Crippen LogP contribution in [0.15, 0.2) is 54.6 Å². The number of amides is 3. The molecule has 27 heavy (non-hydrogen) atoms. The van der Waals surface area contributed by atoms with Crippen LogP contribution < -0.4 is 5.32 Å². The van der Waals surface area contributed by atoms with Crippen molar-refractivity contribution in [2.45, 2.75) is 0 Å². The number of halogens is 1. The van der Waals surface area contributed by atoms with Crippen molar-refractivity contribution < 1.29 is 18.8 Å². The summed E-state index contributed by atoms with van der Waals surface area (Å²) in [6.07, 6.45) is 0. The first-order valence-electron chi connectivity index (χ1n) is 8.70. The van der Waals surface area contributed by atoms with Gasteiger partial charge in [-0.05, 0) is 36.4 Å². The molecule has 1 aliphatic heterocycles. The van der Waals surface area contributed by atoms with Gasteiger partial charge in [0.15, 0.2) is 0 Å². The topological polar surface area (TPSA) is 69.7 Å². The number of carbonyl (C=O) groups excluding carboxylic acids is 3. The first-order chi connectivity index (χ1) is 13.0. The summed E-state index contributed by atoms with van der Waals surface area (Å²) in [6.45, 7) is 1.60. The Morgan fingerprint density at radius 1 is 0.815 bits per heavy atom. The lowest BCUT2D eigenvalue weighted by Gasteiger charge is -2.34. The van der Waals surface area contributed by atoms with Gasteiger partial charge in [0.2, 0.25) is 5.91 Å². The molecule has 0 atom stereocenters. The zero-order chi connectivity index (χ0) is 19.2. The number of piperazine rings is 1. The number of benzene rings is 2. The van der Waals surface area contributed by atoms with Crippen LogP contribution in [0.5, 0.6) is 0 Å². The van der Waals surface area contributed by atoms with Crippen LogP contribution in [0.25, 0.3) is 0 Å². The molecule has 0 spiro atoms. The van der Waals surface area contributed by atoms with Crippen molar-refractivity contribution in [3.05, 3.63) is 71.5 Å². The summed E-state index contributed by atoms with van der Waals surface area (Å²) < 4.78 is 12.9. The molecule has 6 nitrogen and oxygen atoms in total. The van der Waals surface area contributed by atoms with Gasteiger partial charge in [0.1, 0.15) is 5.82 Å². The highest BCUT2D eigenvalue weighted by Crippen LogP contribution is 2.09. The van der Waals surface area contributed by atoms with Crippen LogP contribution in [0.2, 0.25) is 0 Å². The second-order valence-corrected chi connectivity index (χ2v) is 6.23. The fourth-order valence-electron chi connectivity index (χ4n) is 2.89. The van der Waals surface area contributed by atoms with E-state index in [0.29, 0.717) is 37.3 Å². The van der Waals surface area contributed by atoms with Crippen LogP contribution >= 0.6 is 0 Å². The number of nitrogens with one attached hydrogen (secondary N) is 1. The van der Waals surface area contributed by atoms with Crippen LogP contribution in [-0.2, 0) is 4.79 Å². The molecule has 1 aliphatic rings. The van der Waals surface area contributed by atoms with Gasteiger partial charge in [-0.2, -0.15) is 0 Å². The molecule has 2 aromatic carbocycles. The Morgan fingerprint density at radius 3 is 2.04 bits per heavy atom. The highest BCUT2D eigenvalue weighted by Gasteiger charge is 2.24. The molecule has 0 aliphatic carbocycles. The normalized spacial score (nSPS) is 14.0. The molecule has 1 heterocycles. The van der Waals surface area contributed by atoms with Gasteiger partial charge in [-0.15, -0.1) is 0 Å². The summed E-state index contributed by atoms with van der Waals surface area (Å²) in [7, 11) is 0. The van der Waals surface area contributed by atoms with Crippen molar-refractivity contribution in [2.75, 3.05) is 32.7 Å². The number of nitrogens with zero attached hydrogens (tertiary/aromatic N) is 2. The van der Waals surface area contributed by atoms with E-state index in [1.165, 1.54) is 24.3 Å². The zero-order valence-corrected chi connectivity index (χ0v) is 14.7.